The van der Waals surface area contributed by atoms with Crippen LogP contribution in [0.2, 0.25) is 0 Å². The van der Waals surface area contributed by atoms with Crippen molar-refractivity contribution in [2.45, 2.75) is 17.9 Å². The summed E-state index contributed by atoms with van der Waals surface area (Å²) >= 11 is 1.72. The summed E-state index contributed by atoms with van der Waals surface area (Å²) in [5, 5.41) is 9.65. The van der Waals surface area contributed by atoms with E-state index in [1.165, 1.54) is 10.5 Å². The molecule has 0 saturated carbocycles. The van der Waals surface area contributed by atoms with Gasteiger partial charge in [0, 0.05) is 10.6 Å². The van der Waals surface area contributed by atoms with Crippen LogP contribution in [-0.2, 0) is 0 Å². The first-order valence-electron chi connectivity index (χ1n) is 4.21. The van der Waals surface area contributed by atoms with Gasteiger partial charge in [0.25, 0.3) is 0 Å². The molecule has 0 saturated heterocycles. The maximum absolute atomic E-state index is 9.65. The van der Waals surface area contributed by atoms with E-state index < -0.39 is 0 Å². The number of benzene rings is 1. The number of rotatable bonds is 1. The van der Waals surface area contributed by atoms with Gasteiger partial charge in [-0.3, -0.25) is 0 Å². The third-order valence-corrected chi connectivity index (χ3v) is 3.59. The quantitative estimate of drug-likeness (QED) is 0.746. The summed E-state index contributed by atoms with van der Waals surface area (Å²) in [5.41, 5.74) is 2.21. The molecule has 0 fully saturated rings. The highest BCUT2D eigenvalue weighted by atomic mass is 32.2. The van der Waals surface area contributed by atoms with Gasteiger partial charge in [0.1, 0.15) is 5.75 Å². The molecule has 1 aliphatic rings. The molecule has 1 unspecified atom stereocenters. The average Bonchev–Trinajstić information content (AvgIpc) is 2.48. The SMILES string of the molecule is COc1cc(C)c2c(c1)C(O)CS2. The molecular formula is C10H12O2S. The van der Waals surface area contributed by atoms with Crippen molar-refractivity contribution in [1.82, 2.24) is 0 Å². The molecule has 0 aliphatic carbocycles. The van der Waals surface area contributed by atoms with Crippen molar-refractivity contribution >= 4 is 11.8 Å². The molecule has 0 bridgehead atoms. The van der Waals surface area contributed by atoms with Gasteiger partial charge >= 0.3 is 0 Å². The van der Waals surface area contributed by atoms with Crippen molar-refractivity contribution in [3.8, 4) is 5.75 Å². The van der Waals surface area contributed by atoms with E-state index in [-0.39, 0.29) is 6.10 Å². The van der Waals surface area contributed by atoms with Gasteiger partial charge in [0.2, 0.25) is 0 Å². The van der Waals surface area contributed by atoms with E-state index in [1.54, 1.807) is 18.9 Å². The lowest BCUT2D eigenvalue weighted by Gasteiger charge is -2.08. The standard InChI is InChI=1S/C10H12O2S/c1-6-3-7(12-2)4-8-9(11)5-13-10(6)8/h3-4,9,11H,5H2,1-2H3. The minimum atomic E-state index is -0.325. The van der Waals surface area contributed by atoms with Crippen molar-refractivity contribution in [3.05, 3.63) is 23.3 Å². The Bertz CT molecular complexity index is 336. The molecule has 13 heavy (non-hydrogen) atoms. The van der Waals surface area contributed by atoms with Crippen molar-refractivity contribution in [3.63, 3.8) is 0 Å². The molecule has 1 aliphatic heterocycles. The Morgan fingerprint density at radius 3 is 3.00 bits per heavy atom. The average molecular weight is 196 g/mol. The maximum Gasteiger partial charge on any atom is 0.119 e. The molecule has 0 spiro atoms. The van der Waals surface area contributed by atoms with E-state index in [1.807, 2.05) is 19.1 Å². The summed E-state index contributed by atoms with van der Waals surface area (Å²) in [5.74, 6) is 1.60. The molecule has 2 rings (SSSR count). The number of aliphatic hydroxyl groups excluding tert-OH is 1. The van der Waals surface area contributed by atoms with Crippen LogP contribution in [0.5, 0.6) is 5.75 Å². The number of hydrogen-bond acceptors (Lipinski definition) is 3. The van der Waals surface area contributed by atoms with E-state index in [4.69, 9.17) is 4.74 Å². The van der Waals surface area contributed by atoms with Gasteiger partial charge in [-0.15, -0.1) is 11.8 Å². The number of fused-ring (bicyclic) bond motifs is 1. The molecule has 1 aromatic rings. The van der Waals surface area contributed by atoms with E-state index in [2.05, 4.69) is 0 Å². The first-order chi connectivity index (χ1) is 6.22. The van der Waals surface area contributed by atoms with E-state index in [0.717, 1.165) is 17.1 Å². The molecule has 3 heteroatoms. The van der Waals surface area contributed by atoms with Gasteiger partial charge in [0.15, 0.2) is 0 Å². The first kappa shape index (κ1) is 8.91. The van der Waals surface area contributed by atoms with Crippen LogP contribution >= 0.6 is 11.8 Å². The van der Waals surface area contributed by atoms with Crippen LogP contribution in [0.4, 0.5) is 0 Å². The molecule has 1 atom stereocenters. The normalized spacial score (nSPS) is 20.1. The largest absolute Gasteiger partial charge is 0.497 e. The minimum Gasteiger partial charge on any atom is -0.497 e. The van der Waals surface area contributed by atoms with E-state index in [9.17, 15) is 5.11 Å². The fraction of sp³-hybridized carbons (Fsp3) is 0.400. The predicted octanol–water partition coefficient (Wildman–Crippen LogP) is 2.14. The highest BCUT2D eigenvalue weighted by molar-refractivity contribution is 7.99. The topological polar surface area (TPSA) is 29.5 Å². The lowest BCUT2D eigenvalue weighted by molar-refractivity contribution is 0.204. The third-order valence-electron chi connectivity index (χ3n) is 2.26. The summed E-state index contributed by atoms with van der Waals surface area (Å²) in [6, 6.07) is 3.93. The van der Waals surface area contributed by atoms with Gasteiger partial charge in [-0.05, 0) is 30.2 Å². The maximum atomic E-state index is 9.65. The Labute approximate surface area is 81.9 Å². The number of thioether (sulfide) groups is 1. The highest BCUT2D eigenvalue weighted by Gasteiger charge is 2.23. The summed E-state index contributed by atoms with van der Waals surface area (Å²) in [6.45, 7) is 2.05. The molecule has 70 valence electrons. The molecule has 2 nitrogen and oxygen atoms in total. The second-order valence-corrected chi connectivity index (χ2v) is 4.22. The summed E-state index contributed by atoms with van der Waals surface area (Å²) in [6.07, 6.45) is -0.325. The smallest absolute Gasteiger partial charge is 0.119 e. The van der Waals surface area contributed by atoms with Crippen LogP contribution < -0.4 is 4.74 Å². The van der Waals surface area contributed by atoms with E-state index in [0.29, 0.717) is 0 Å². The zero-order chi connectivity index (χ0) is 9.42. The Hall–Kier alpha value is -0.670. The molecule has 0 amide bonds. The number of methoxy groups -OCH3 is 1. The number of aliphatic hydroxyl groups is 1. The Kier molecular flexibility index (Phi) is 2.22. The Balaban J connectivity index is 2.53. The number of aryl methyl sites for hydroxylation is 1. The van der Waals surface area contributed by atoms with Gasteiger partial charge in [-0.1, -0.05) is 0 Å². The van der Waals surface area contributed by atoms with Gasteiger partial charge < -0.3 is 9.84 Å². The summed E-state index contributed by atoms with van der Waals surface area (Å²) in [7, 11) is 1.65. The van der Waals surface area contributed by atoms with Crippen LogP contribution in [0, 0.1) is 6.92 Å². The number of hydrogen-bond donors (Lipinski definition) is 1. The molecule has 1 heterocycles. The zero-order valence-electron chi connectivity index (χ0n) is 7.70. The van der Waals surface area contributed by atoms with Crippen molar-refractivity contribution < 1.29 is 9.84 Å². The second kappa shape index (κ2) is 3.24. The minimum absolute atomic E-state index is 0.325. The first-order valence-corrected chi connectivity index (χ1v) is 5.20. The van der Waals surface area contributed by atoms with Gasteiger partial charge in [-0.25, -0.2) is 0 Å². The fourth-order valence-electron chi connectivity index (χ4n) is 1.58. The Morgan fingerprint density at radius 2 is 2.31 bits per heavy atom. The predicted molar refractivity (Wildman–Crippen MR) is 53.4 cm³/mol. The van der Waals surface area contributed by atoms with Gasteiger partial charge in [0.05, 0.1) is 13.2 Å². The van der Waals surface area contributed by atoms with Crippen molar-refractivity contribution in [1.29, 1.82) is 0 Å². The van der Waals surface area contributed by atoms with Crippen LogP contribution in [-0.4, -0.2) is 18.0 Å². The fourth-order valence-corrected chi connectivity index (χ4v) is 2.73. The second-order valence-electron chi connectivity index (χ2n) is 3.19. The van der Waals surface area contributed by atoms with Crippen LogP contribution in [0.15, 0.2) is 17.0 Å². The van der Waals surface area contributed by atoms with Gasteiger partial charge in [-0.2, -0.15) is 0 Å². The zero-order valence-corrected chi connectivity index (χ0v) is 8.52. The molecule has 0 aromatic heterocycles. The Morgan fingerprint density at radius 1 is 1.54 bits per heavy atom. The molecule has 0 radical (unpaired) electrons. The van der Waals surface area contributed by atoms with Crippen LogP contribution in [0.3, 0.4) is 0 Å². The lowest BCUT2D eigenvalue weighted by atomic mass is 10.1. The summed E-state index contributed by atoms with van der Waals surface area (Å²) < 4.78 is 5.15. The van der Waals surface area contributed by atoms with Crippen LogP contribution in [0.25, 0.3) is 0 Å². The monoisotopic (exact) mass is 196 g/mol. The summed E-state index contributed by atoms with van der Waals surface area (Å²) in [4.78, 5) is 1.22. The molecule has 1 N–H and O–H groups in total. The molecule has 1 aromatic carbocycles. The third kappa shape index (κ3) is 1.42. The number of ether oxygens (including phenoxy) is 1. The molecular weight excluding hydrogens is 184 g/mol. The van der Waals surface area contributed by atoms with E-state index >= 15 is 0 Å². The highest BCUT2D eigenvalue weighted by Crippen LogP contribution is 2.42. The lowest BCUT2D eigenvalue weighted by Crippen LogP contribution is -1.95. The van der Waals surface area contributed by atoms with Crippen molar-refractivity contribution in [2.24, 2.45) is 0 Å². The van der Waals surface area contributed by atoms with Crippen LogP contribution in [0.1, 0.15) is 17.2 Å². The van der Waals surface area contributed by atoms with Crippen molar-refractivity contribution in [2.75, 3.05) is 12.9 Å².